The third-order valence-corrected chi connectivity index (χ3v) is 8.33. The number of carboxylic acid groups (broad SMARTS) is 2. The molecule has 44 heavy (non-hydrogen) atoms. The Morgan fingerprint density at radius 2 is 1.23 bits per heavy atom. The number of nitrogens with zero attached hydrogens (tertiary/aromatic N) is 3. The van der Waals surface area contributed by atoms with Crippen LogP contribution in [0.25, 0.3) is 0 Å². The van der Waals surface area contributed by atoms with Gasteiger partial charge < -0.3 is 46.4 Å². The summed E-state index contributed by atoms with van der Waals surface area (Å²) in [7, 11) is 0. The molecule has 0 spiro atoms. The van der Waals surface area contributed by atoms with Gasteiger partial charge in [-0.05, 0) is 50.9 Å². The maximum Gasteiger partial charge on any atom is 0.326 e. The van der Waals surface area contributed by atoms with E-state index < -0.39 is 90.8 Å². The van der Waals surface area contributed by atoms with Crippen LogP contribution in [-0.4, -0.2) is 134 Å². The zero-order valence-electron chi connectivity index (χ0n) is 25.1. The fraction of sp³-hybridized carbons (Fsp3) is 0.750. The first kappa shape index (κ1) is 34.7. The normalized spacial score (nSPS) is 23.8. The van der Waals surface area contributed by atoms with E-state index >= 15 is 0 Å². The van der Waals surface area contributed by atoms with E-state index in [-0.39, 0.29) is 38.4 Å². The van der Waals surface area contributed by atoms with Crippen molar-refractivity contribution in [1.82, 2.24) is 25.3 Å². The molecule has 0 radical (unpaired) electrons. The number of carbonyl (C=O) groups excluding carboxylic acids is 5. The summed E-state index contributed by atoms with van der Waals surface area (Å²) in [6, 6.07) is -6.88. The lowest BCUT2D eigenvalue weighted by Gasteiger charge is -2.34. The lowest BCUT2D eigenvalue weighted by Crippen LogP contribution is -2.60. The Morgan fingerprint density at radius 3 is 1.73 bits per heavy atom. The molecule has 0 unspecified atom stereocenters. The summed E-state index contributed by atoms with van der Waals surface area (Å²) in [6.07, 6.45) is 1.99. The predicted molar refractivity (Wildman–Crippen MR) is 152 cm³/mol. The Kier molecular flexibility index (Phi) is 12.0. The molecule has 7 N–H and O–H groups in total. The molecule has 6 atom stereocenters. The van der Waals surface area contributed by atoms with Gasteiger partial charge in [-0.2, -0.15) is 0 Å². The molecule has 3 fully saturated rings. The number of hydrogen-bond acceptors (Lipinski definition) is 9. The smallest absolute Gasteiger partial charge is 0.326 e. The second kappa shape index (κ2) is 15.3. The Bertz CT molecular complexity index is 1130. The van der Waals surface area contributed by atoms with Crippen molar-refractivity contribution < 1.29 is 48.9 Å². The van der Waals surface area contributed by atoms with Gasteiger partial charge in [0.15, 0.2) is 0 Å². The summed E-state index contributed by atoms with van der Waals surface area (Å²) in [5, 5.41) is 33.4. The number of amides is 5. The van der Waals surface area contributed by atoms with E-state index in [2.05, 4.69) is 10.6 Å². The molecule has 0 aromatic heterocycles. The number of nitrogens with two attached hydrogens (primary N) is 1. The zero-order valence-corrected chi connectivity index (χ0v) is 25.1. The average Bonchev–Trinajstić information content (AvgIpc) is 3.74. The van der Waals surface area contributed by atoms with Crippen molar-refractivity contribution >= 4 is 41.5 Å². The van der Waals surface area contributed by atoms with E-state index in [0.29, 0.717) is 32.1 Å². The number of carbonyl (C=O) groups is 7. The van der Waals surface area contributed by atoms with Crippen LogP contribution >= 0.6 is 0 Å². The highest BCUT2D eigenvalue weighted by atomic mass is 16.4. The van der Waals surface area contributed by atoms with Gasteiger partial charge in [0.2, 0.25) is 29.5 Å². The lowest BCUT2D eigenvalue weighted by atomic mass is 10.0. The van der Waals surface area contributed by atoms with E-state index in [0.717, 1.165) is 0 Å². The summed E-state index contributed by atoms with van der Waals surface area (Å²) >= 11 is 0. The summed E-state index contributed by atoms with van der Waals surface area (Å²) in [5.74, 6) is -5.87. The highest BCUT2D eigenvalue weighted by Gasteiger charge is 2.46. The zero-order chi connectivity index (χ0) is 32.7. The molecule has 246 valence electrons. The van der Waals surface area contributed by atoms with E-state index in [4.69, 9.17) is 5.73 Å². The Morgan fingerprint density at radius 1 is 0.750 bits per heavy atom. The topological polar surface area (TPSA) is 240 Å². The number of rotatable bonds is 13. The highest BCUT2D eigenvalue weighted by Crippen LogP contribution is 2.28. The fourth-order valence-electron chi connectivity index (χ4n) is 6.18. The minimum Gasteiger partial charge on any atom is -0.481 e. The van der Waals surface area contributed by atoms with Gasteiger partial charge in [0.05, 0.1) is 19.1 Å². The van der Waals surface area contributed by atoms with Crippen LogP contribution < -0.4 is 16.4 Å². The average molecular weight is 625 g/mol. The second-order valence-corrected chi connectivity index (χ2v) is 12.0. The molecule has 0 aliphatic carbocycles. The molecule has 3 saturated heterocycles. The third kappa shape index (κ3) is 8.22. The number of likely N-dealkylation sites (tertiary alicyclic amines) is 3. The van der Waals surface area contributed by atoms with Crippen LogP contribution in [0.15, 0.2) is 0 Å². The van der Waals surface area contributed by atoms with Gasteiger partial charge in [-0.15, -0.1) is 0 Å². The summed E-state index contributed by atoms with van der Waals surface area (Å²) in [4.78, 5) is 93.0. The minimum atomic E-state index is -1.58. The summed E-state index contributed by atoms with van der Waals surface area (Å²) in [6.45, 7) is 3.50. The van der Waals surface area contributed by atoms with Crippen molar-refractivity contribution in [3.63, 3.8) is 0 Å². The maximum atomic E-state index is 13.7. The first-order valence-electron chi connectivity index (χ1n) is 15.1. The van der Waals surface area contributed by atoms with Gasteiger partial charge >= 0.3 is 11.9 Å². The first-order valence-corrected chi connectivity index (χ1v) is 15.1. The van der Waals surface area contributed by atoms with Gasteiger partial charge in [0.25, 0.3) is 0 Å². The molecule has 0 aromatic rings. The molecule has 3 aliphatic heterocycles. The summed E-state index contributed by atoms with van der Waals surface area (Å²) in [5.41, 5.74) is 5.86. The molecule has 0 aromatic carbocycles. The molecule has 3 aliphatic rings. The molecular weight excluding hydrogens is 580 g/mol. The van der Waals surface area contributed by atoms with E-state index in [9.17, 15) is 48.9 Å². The van der Waals surface area contributed by atoms with E-state index in [1.807, 2.05) is 13.8 Å². The van der Waals surface area contributed by atoms with Crippen molar-refractivity contribution in [3.8, 4) is 0 Å². The van der Waals surface area contributed by atoms with Crippen LogP contribution in [0, 0.1) is 5.92 Å². The van der Waals surface area contributed by atoms with Crippen molar-refractivity contribution in [3.05, 3.63) is 0 Å². The van der Waals surface area contributed by atoms with Crippen molar-refractivity contribution in [2.75, 3.05) is 26.2 Å². The van der Waals surface area contributed by atoms with Gasteiger partial charge in [-0.25, -0.2) is 4.79 Å². The summed E-state index contributed by atoms with van der Waals surface area (Å²) < 4.78 is 0. The highest BCUT2D eigenvalue weighted by molar-refractivity contribution is 5.97. The number of aliphatic carboxylic acids is 2. The fourth-order valence-corrected chi connectivity index (χ4v) is 6.18. The minimum absolute atomic E-state index is 0.0610. The van der Waals surface area contributed by atoms with E-state index in [1.165, 1.54) is 14.7 Å². The SMILES string of the molecule is CC(C)C[C@H](N)C(=O)N[C@@H](CC(=O)O)C(=O)N[C@@H](CO)C(=O)N1CCC[C@H]1C(=O)N1CCC[C@H]1C(=O)N1CCC[C@H]1C(=O)O. The molecular formula is C28H44N6O10. The van der Waals surface area contributed by atoms with E-state index in [1.54, 1.807) is 0 Å². The number of aliphatic hydroxyl groups excluding tert-OH is 1. The Balaban J connectivity index is 1.70. The molecule has 5 amide bonds. The van der Waals surface area contributed by atoms with Crippen molar-refractivity contribution in [2.45, 2.75) is 101 Å². The lowest BCUT2D eigenvalue weighted by molar-refractivity contribution is -0.154. The predicted octanol–water partition coefficient (Wildman–Crippen LogP) is -2.15. The third-order valence-electron chi connectivity index (χ3n) is 8.33. The van der Waals surface area contributed by atoms with Crippen LogP contribution in [0.4, 0.5) is 0 Å². The monoisotopic (exact) mass is 624 g/mol. The standard InChI is InChI=1S/C28H44N6O10/c1-15(2)12-16(29)23(38)30-17(13-22(36)37)24(39)31-18(14-35)25(40)32-9-3-6-19(32)26(41)33-10-4-7-20(33)27(42)34-11-5-8-21(34)28(43)44/h15-21,35H,3-14,29H2,1-2H3,(H,30,38)(H,31,39)(H,36,37)(H,43,44)/t16-,17-,18-,19-,20-,21-/m0/s1. The van der Waals surface area contributed by atoms with Gasteiger partial charge in [-0.1, -0.05) is 13.8 Å². The van der Waals surface area contributed by atoms with Gasteiger partial charge in [-0.3, -0.25) is 28.8 Å². The molecule has 0 bridgehead atoms. The van der Waals surface area contributed by atoms with Gasteiger partial charge in [0, 0.05) is 19.6 Å². The maximum absolute atomic E-state index is 13.7. The number of carboxylic acids is 2. The quantitative estimate of drug-likeness (QED) is 0.129. The van der Waals surface area contributed by atoms with Crippen LogP contribution in [0.3, 0.4) is 0 Å². The molecule has 16 nitrogen and oxygen atoms in total. The van der Waals surface area contributed by atoms with Crippen molar-refractivity contribution in [1.29, 1.82) is 0 Å². The number of aliphatic hydroxyl groups is 1. The van der Waals surface area contributed by atoms with Crippen LogP contribution in [0.5, 0.6) is 0 Å². The molecule has 3 rings (SSSR count). The Hall–Kier alpha value is -3.79. The molecule has 3 heterocycles. The van der Waals surface area contributed by atoms with Crippen LogP contribution in [0.2, 0.25) is 0 Å². The van der Waals surface area contributed by atoms with Gasteiger partial charge in [0.1, 0.15) is 30.2 Å². The van der Waals surface area contributed by atoms with Crippen molar-refractivity contribution in [2.24, 2.45) is 11.7 Å². The van der Waals surface area contributed by atoms with Crippen LogP contribution in [0.1, 0.15) is 65.2 Å². The number of nitrogens with one attached hydrogen (secondary N) is 2. The van der Waals surface area contributed by atoms with Crippen LogP contribution in [-0.2, 0) is 33.6 Å². The largest absolute Gasteiger partial charge is 0.481 e. The first-order chi connectivity index (χ1) is 20.8. The molecule has 0 saturated carbocycles. The Labute approximate surface area is 255 Å². The second-order valence-electron chi connectivity index (χ2n) is 12.0. The molecule has 16 heteroatoms. The number of hydrogen-bond donors (Lipinski definition) is 6.